The zero-order valence-corrected chi connectivity index (χ0v) is 11.6. The molecule has 0 aliphatic heterocycles. The van der Waals surface area contributed by atoms with Crippen molar-refractivity contribution in [3.63, 3.8) is 0 Å². The number of halogens is 1. The molecule has 0 bridgehead atoms. The number of hydrogen-bond donors (Lipinski definition) is 1. The quantitative estimate of drug-likeness (QED) is 0.821. The molecule has 0 fully saturated rings. The largest absolute Gasteiger partial charge is 0.381 e. The fraction of sp³-hybridized carbons (Fsp3) is 0.176. The van der Waals surface area contributed by atoms with Crippen LogP contribution in [-0.4, -0.2) is 5.11 Å². The summed E-state index contributed by atoms with van der Waals surface area (Å²) >= 11 is 5.85. The highest BCUT2D eigenvalue weighted by molar-refractivity contribution is 6.30. The molecule has 0 saturated heterocycles. The van der Waals surface area contributed by atoms with Gasteiger partial charge in [0.1, 0.15) is 5.60 Å². The molecule has 0 radical (unpaired) electrons. The van der Waals surface area contributed by atoms with Gasteiger partial charge in [-0.2, -0.15) is 0 Å². The van der Waals surface area contributed by atoms with Crippen LogP contribution in [0.3, 0.4) is 0 Å². The van der Waals surface area contributed by atoms with Crippen LogP contribution in [0.25, 0.3) is 0 Å². The highest BCUT2D eigenvalue weighted by Gasteiger charge is 2.18. The molecule has 2 heteroatoms. The van der Waals surface area contributed by atoms with Crippen LogP contribution in [0.2, 0.25) is 5.02 Å². The third kappa shape index (κ3) is 3.95. The van der Waals surface area contributed by atoms with Crippen LogP contribution in [0.15, 0.2) is 66.7 Å². The van der Waals surface area contributed by atoms with E-state index in [0.29, 0.717) is 5.02 Å². The fourth-order valence-electron chi connectivity index (χ4n) is 1.92. The van der Waals surface area contributed by atoms with E-state index in [9.17, 15) is 5.11 Å². The van der Waals surface area contributed by atoms with E-state index in [1.165, 1.54) is 5.56 Å². The van der Waals surface area contributed by atoms with Crippen LogP contribution in [0.5, 0.6) is 0 Å². The highest BCUT2D eigenvalue weighted by Crippen LogP contribution is 2.23. The van der Waals surface area contributed by atoms with Crippen LogP contribution in [-0.2, 0) is 12.0 Å². The maximum atomic E-state index is 10.4. The molecule has 0 aromatic heterocycles. The Labute approximate surface area is 119 Å². The van der Waals surface area contributed by atoms with E-state index in [0.717, 1.165) is 12.0 Å². The summed E-state index contributed by atoms with van der Waals surface area (Å²) in [5, 5.41) is 11.1. The molecule has 0 heterocycles. The Bertz CT molecular complexity index is 541. The van der Waals surface area contributed by atoms with Crippen molar-refractivity contribution in [3.05, 3.63) is 82.9 Å². The highest BCUT2D eigenvalue weighted by atomic mass is 35.5. The first-order valence-electron chi connectivity index (χ1n) is 6.28. The third-order valence-electron chi connectivity index (χ3n) is 3.07. The molecule has 19 heavy (non-hydrogen) atoms. The normalized spacial score (nSPS) is 14.5. The number of benzene rings is 2. The Morgan fingerprint density at radius 2 is 1.68 bits per heavy atom. The molecule has 1 N–H and O–H groups in total. The van der Waals surface area contributed by atoms with Crippen molar-refractivity contribution in [2.24, 2.45) is 0 Å². The van der Waals surface area contributed by atoms with E-state index in [2.05, 4.69) is 12.1 Å². The van der Waals surface area contributed by atoms with E-state index in [1.807, 2.05) is 42.5 Å². The van der Waals surface area contributed by atoms with E-state index >= 15 is 0 Å². The summed E-state index contributed by atoms with van der Waals surface area (Å²) < 4.78 is 0. The Morgan fingerprint density at radius 1 is 1.05 bits per heavy atom. The fourth-order valence-corrected chi connectivity index (χ4v) is 2.05. The summed E-state index contributed by atoms with van der Waals surface area (Å²) in [7, 11) is 0. The minimum atomic E-state index is -0.973. The maximum Gasteiger partial charge on any atom is 0.105 e. The standard InChI is InChI=1S/C17H17ClO/c1-17(19,15-9-11-16(18)12-10-15)13-5-8-14-6-3-2-4-7-14/h2-7,9-13,19H,8H2,1H3/b13-5+. The van der Waals surface area contributed by atoms with Crippen molar-refractivity contribution in [1.82, 2.24) is 0 Å². The monoisotopic (exact) mass is 272 g/mol. The average molecular weight is 273 g/mol. The molecule has 0 amide bonds. The topological polar surface area (TPSA) is 20.2 Å². The van der Waals surface area contributed by atoms with Gasteiger partial charge in [0.05, 0.1) is 0 Å². The Balaban J connectivity index is 2.06. The number of rotatable bonds is 4. The molecule has 1 atom stereocenters. The second kappa shape index (κ2) is 6.05. The zero-order valence-electron chi connectivity index (χ0n) is 10.9. The van der Waals surface area contributed by atoms with Crippen molar-refractivity contribution in [3.8, 4) is 0 Å². The molecule has 1 nitrogen and oxygen atoms in total. The van der Waals surface area contributed by atoms with Gasteiger partial charge in [-0.05, 0) is 36.6 Å². The Morgan fingerprint density at radius 3 is 2.32 bits per heavy atom. The van der Waals surface area contributed by atoms with E-state index in [4.69, 9.17) is 11.6 Å². The summed E-state index contributed by atoms with van der Waals surface area (Å²) in [5.74, 6) is 0. The summed E-state index contributed by atoms with van der Waals surface area (Å²) in [6.45, 7) is 1.78. The first-order valence-corrected chi connectivity index (χ1v) is 6.66. The number of hydrogen-bond acceptors (Lipinski definition) is 1. The van der Waals surface area contributed by atoms with Crippen molar-refractivity contribution >= 4 is 11.6 Å². The van der Waals surface area contributed by atoms with Gasteiger partial charge in [0, 0.05) is 5.02 Å². The minimum Gasteiger partial charge on any atom is -0.381 e. The van der Waals surface area contributed by atoms with Gasteiger partial charge in [0.25, 0.3) is 0 Å². The Hall–Kier alpha value is -1.57. The van der Waals surface area contributed by atoms with Crippen LogP contribution in [0.1, 0.15) is 18.1 Å². The minimum absolute atomic E-state index is 0.674. The molecule has 1 unspecified atom stereocenters. The molecule has 0 aliphatic carbocycles. The van der Waals surface area contributed by atoms with Gasteiger partial charge in [-0.25, -0.2) is 0 Å². The van der Waals surface area contributed by atoms with E-state index < -0.39 is 5.60 Å². The second-order valence-electron chi connectivity index (χ2n) is 4.75. The van der Waals surface area contributed by atoms with Gasteiger partial charge in [0.2, 0.25) is 0 Å². The van der Waals surface area contributed by atoms with Gasteiger partial charge < -0.3 is 5.11 Å². The van der Waals surface area contributed by atoms with Gasteiger partial charge in [-0.1, -0.05) is 66.2 Å². The lowest BCUT2D eigenvalue weighted by Crippen LogP contribution is -2.17. The van der Waals surface area contributed by atoms with Crippen LogP contribution in [0, 0.1) is 0 Å². The van der Waals surface area contributed by atoms with Crippen molar-refractivity contribution in [2.75, 3.05) is 0 Å². The first kappa shape index (κ1) is 13.9. The van der Waals surface area contributed by atoms with Crippen molar-refractivity contribution < 1.29 is 5.11 Å². The second-order valence-corrected chi connectivity index (χ2v) is 5.18. The summed E-state index contributed by atoms with van der Waals surface area (Å²) in [5.41, 5.74) is 1.09. The van der Waals surface area contributed by atoms with E-state index in [1.54, 1.807) is 19.1 Å². The van der Waals surface area contributed by atoms with Gasteiger partial charge in [-0.3, -0.25) is 0 Å². The van der Waals surface area contributed by atoms with Crippen LogP contribution >= 0.6 is 11.6 Å². The van der Waals surface area contributed by atoms with Crippen molar-refractivity contribution in [2.45, 2.75) is 18.9 Å². The summed E-state index contributed by atoms with van der Waals surface area (Å²) in [6, 6.07) is 17.4. The Kier molecular flexibility index (Phi) is 4.41. The number of allylic oxidation sites excluding steroid dienone is 1. The molecule has 2 aromatic carbocycles. The summed E-state index contributed by atoms with van der Waals surface area (Å²) in [6.07, 6.45) is 4.62. The molecule has 0 spiro atoms. The van der Waals surface area contributed by atoms with Gasteiger partial charge >= 0.3 is 0 Å². The van der Waals surface area contributed by atoms with Gasteiger partial charge in [-0.15, -0.1) is 0 Å². The van der Waals surface area contributed by atoms with Gasteiger partial charge in [0.15, 0.2) is 0 Å². The molecule has 98 valence electrons. The van der Waals surface area contributed by atoms with Crippen LogP contribution in [0.4, 0.5) is 0 Å². The molecular weight excluding hydrogens is 256 g/mol. The van der Waals surface area contributed by atoms with Crippen LogP contribution < -0.4 is 0 Å². The smallest absolute Gasteiger partial charge is 0.105 e. The maximum absolute atomic E-state index is 10.4. The molecular formula is C17H17ClO. The molecule has 0 saturated carbocycles. The molecule has 2 aromatic rings. The first-order chi connectivity index (χ1) is 9.08. The zero-order chi connectivity index (χ0) is 13.7. The lowest BCUT2D eigenvalue weighted by Gasteiger charge is -2.19. The molecule has 2 rings (SSSR count). The SMILES string of the molecule is CC(O)(/C=C/Cc1ccccc1)c1ccc(Cl)cc1. The predicted octanol–water partition coefficient (Wildman–Crippen LogP) is 4.35. The lowest BCUT2D eigenvalue weighted by atomic mass is 9.95. The molecule has 0 aliphatic rings. The van der Waals surface area contributed by atoms with E-state index in [-0.39, 0.29) is 0 Å². The van der Waals surface area contributed by atoms with Crippen molar-refractivity contribution in [1.29, 1.82) is 0 Å². The summed E-state index contributed by atoms with van der Waals surface area (Å²) in [4.78, 5) is 0. The lowest BCUT2D eigenvalue weighted by molar-refractivity contribution is 0.111. The number of aliphatic hydroxyl groups is 1. The predicted molar refractivity (Wildman–Crippen MR) is 80.3 cm³/mol. The third-order valence-corrected chi connectivity index (χ3v) is 3.32. The average Bonchev–Trinajstić information content (AvgIpc) is 2.40.